The second-order valence-electron chi connectivity index (χ2n) is 11.7. The van der Waals surface area contributed by atoms with Crippen LogP contribution in [0.2, 0.25) is 0 Å². The fourth-order valence-electron chi connectivity index (χ4n) is 6.77. The van der Waals surface area contributed by atoms with Gasteiger partial charge in [0.25, 0.3) is 0 Å². The number of hydrogen-bond acceptors (Lipinski definition) is 2. The molecule has 0 spiro atoms. The maximum atomic E-state index is 6.42. The highest BCUT2D eigenvalue weighted by atomic mass is 15.1. The summed E-state index contributed by atoms with van der Waals surface area (Å²) in [4.78, 5) is 4.73. The molecular weight excluding hydrogens is 524 g/mol. The van der Waals surface area contributed by atoms with Crippen molar-refractivity contribution in [2.75, 3.05) is 0 Å². The van der Waals surface area contributed by atoms with E-state index in [9.17, 15) is 0 Å². The van der Waals surface area contributed by atoms with Gasteiger partial charge in [-0.25, -0.2) is 0 Å². The van der Waals surface area contributed by atoms with Crippen LogP contribution < -0.4 is 5.73 Å². The van der Waals surface area contributed by atoms with E-state index in [1.807, 2.05) is 36.7 Å². The zero-order valence-electron chi connectivity index (χ0n) is 24.1. The molecule has 0 bridgehead atoms. The lowest BCUT2D eigenvalue weighted by atomic mass is 9.92. The Hall–Kier alpha value is -5.19. The lowest BCUT2D eigenvalue weighted by Crippen LogP contribution is -2.27. The Labute approximate surface area is 250 Å². The molecule has 2 heterocycles. The van der Waals surface area contributed by atoms with Gasteiger partial charge < -0.3 is 14.9 Å². The Bertz CT molecular complexity index is 2250. The van der Waals surface area contributed by atoms with Crippen LogP contribution in [0.15, 0.2) is 145 Å². The van der Waals surface area contributed by atoms with Gasteiger partial charge in [0.1, 0.15) is 6.17 Å². The average molecular weight is 557 g/mol. The molecule has 43 heavy (non-hydrogen) atoms. The summed E-state index contributed by atoms with van der Waals surface area (Å²) in [6.07, 6.45) is 11.3. The van der Waals surface area contributed by atoms with Gasteiger partial charge in [-0.1, -0.05) is 103 Å². The Morgan fingerprint density at radius 2 is 1.26 bits per heavy atom. The smallest absolute Gasteiger partial charge is 0.124 e. The highest BCUT2D eigenvalue weighted by Gasteiger charge is 2.27. The topological polar surface area (TPSA) is 48.2 Å². The molecule has 2 N–H and O–H groups in total. The van der Waals surface area contributed by atoms with Crippen LogP contribution in [0.25, 0.3) is 54.7 Å². The van der Waals surface area contributed by atoms with Crippen LogP contribution in [0.4, 0.5) is 0 Å². The van der Waals surface area contributed by atoms with Crippen molar-refractivity contribution in [3.63, 3.8) is 0 Å². The monoisotopic (exact) mass is 556 g/mol. The zero-order valence-corrected chi connectivity index (χ0v) is 24.1. The molecule has 5 aromatic carbocycles. The van der Waals surface area contributed by atoms with Gasteiger partial charge in [0, 0.05) is 32.6 Å². The van der Waals surface area contributed by atoms with Crippen molar-refractivity contribution in [3.05, 3.63) is 145 Å². The Morgan fingerprint density at radius 1 is 0.674 bits per heavy atom. The first-order chi connectivity index (χ1) is 21.1. The quantitative estimate of drug-likeness (QED) is 0.167. The van der Waals surface area contributed by atoms with Crippen LogP contribution in [0.3, 0.4) is 0 Å². The molecule has 0 saturated carbocycles. The van der Waals surface area contributed by atoms with Crippen LogP contribution in [0.5, 0.6) is 0 Å². The number of aromatic nitrogens is 2. The Kier molecular flexibility index (Phi) is 5.92. The van der Waals surface area contributed by atoms with Gasteiger partial charge in [0.15, 0.2) is 0 Å². The number of rotatable bonds is 5. The number of allylic oxidation sites excluding steroid dienone is 4. The minimum atomic E-state index is -0.423. The SMILES string of the molecule is CC1(n2c3ccccc3c3cc(-c4ccc5c(c4)c4ccccc4n5/C=N/C(N)c4ccccc4)ccc32)C=CC=CC1. The number of para-hydroxylation sites is 2. The van der Waals surface area contributed by atoms with Crippen LogP contribution in [-0.2, 0) is 5.54 Å². The van der Waals surface area contributed by atoms with Gasteiger partial charge >= 0.3 is 0 Å². The lowest BCUT2D eigenvalue weighted by molar-refractivity contribution is 0.437. The van der Waals surface area contributed by atoms with E-state index >= 15 is 0 Å². The fraction of sp³-hybridized carbons (Fsp3) is 0.103. The average Bonchev–Trinajstić information content (AvgIpc) is 3.57. The highest BCUT2D eigenvalue weighted by molar-refractivity contribution is 6.13. The third kappa shape index (κ3) is 4.14. The number of nitrogens with zero attached hydrogens (tertiary/aromatic N) is 3. The molecule has 2 aromatic heterocycles. The van der Waals surface area contributed by atoms with Crippen LogP contribution in [-0.4, -0.2) is 15.5 Å². The first-order valence-electron chi connectivity index (χ1n) is 14.9. The molecule has 0 radical (unpaired) electrons. The molecule has 4 nitrogen and oxygen atoms in total. The van der Waals surface area contributed by atoms with Gasteiger partial charge in [0.2, 0.25) is 0 Å². The predicted octanol–water partition coefficient (Wildman–Crippen LogP) is 9.33. The molecular formula is C39H32N4. The van der Waals surface area contributed by atoms with E-state index in [1.165, 1.54) is 43.7 Å². The fourth-order valence-corrected chi connectivity index (χ4v) is 6.77. The number of hydrogen-bond donors (Lipinski definition) is 1. The minimum absolute atomic E-state index is 0.108. The zero-order chi connectivity index (χ0) is 29.0. The summed E-state index contributed by atoms with van der Waals surface area (Å²) in [6, 6.07) is 41.0. The molecule has 2 atom stereocenters. The van der Waals surface area contributed by atoms with E-state index in [-0.39, 0.29) is 5.54 Å². The van der Waals surface area contributed by atoms with Crippen molar-refractivity contribution < 1.29 is 0 Å². The minimum Gasteiger partial charge on any atom is -0.331 e. The summed E-state index contributed by atoms with van der Waals surface area (Å²) in [5, 5.41) is 4.96. The largest absolute Gasteiger partial charge is 0.331 e. The van der Waals surface area contributed by atoms with E-state index in [1.54, 1.807) is 0 Å². The first-order valence-corrected chi connectivity index (χ1v) is 14.9. The third-order valence-electron chi connectivity index (χ3n) is 8.94. The maximum Gasteiger partial charge on any atom is 0.124 e. The number of aliphatic imine (C=N–C) groups is 1. The van der Waals surface area contributed by atoms with Crippen LogP contribution >= 0.6 is 0 Å². The molecule has 7 aromatic rings. The molecule has 0 amide bonds. The van der Waals surface area contributed by atoms with Crippen molar-refractivity contribution in [2.45, 2.75) is 25.0 Å². The van der Waals surface area contributed by atoms with Crippen LogP contribution in [0, 0.1) is 0 Å². The Morgan fingerprint density at radius 3 is 1.98 bits per heavy atom. The highest BCUT2D eigenvalue weighted by Crippen LogP contribution is 2.40. The lowest BCUT2D eigenvalue weighted by Gasteiger charge is -2.31. The Balaban J connectivity index is 1.26. The second-order valence-corrected chi connectivity index (χ2v) is 11.7. The molecule has 4 heteroatoms. The van der Waals surface area contributed by atoms with Gasteiger partial charge in [-0.15, -0.1) is 0 Å². The van der Waals surface area contributed by atoms with Crippen molar-refractivity contribution in [2.24, 2.45) is 10.7 Å². The predicted molar refractivity (Wildman–Crippen MR) is 182 cm³/mol. The first kappa shape index (κ1) is 25.5. The van der Waals surface area contributed by atoms with E-state index < -0.39 is 6.17 Å². The van der Waals surface area contributed by atoms with Gasteiger partial charge in [-0.2, -0.15) is 0 Å². The van der Waals surface area contributed by atoms with Gasteiger partial charge in [0.05, 0.1) is 22.9 Å². The summed E-state index contributed by atoms with van der Waals surface area (Å²) < 4.78 is 4.67. The maximum absolute atomic E-state index is 6.42. The summed E-state index contributed by atoms with van der Waals surface area (Å²) >= 11 is 0. The van der Waals surface area contributed by atoms with Crippen molar-refractivity contribution in [1.82, 2.24) is 9.13 Å². The van der Waals surface area contributed by atoms with Crippen molar-refractivity contribution >= 4 is 50.0 Å². The van der Waals surface area contributed by atoms with E-state index in [4.69, 9.17) is 10.7 Å². The summed E-state index contributed by atoms with van der Waals surface area (Å²) in [7, 11) is 0. The summed E-state index contributed by atoms with van der Waals surface area (Å²) in [5.41, 5.74) is 14.4. The van der Waals surface area contributed by atoms with E-state index in [0.717, 1.165) is 23.0 Å². The molecule has 0 fully saturated rings. The number of fused-ring (bicyclic) bond motifs is 6. The van der Waals surface area contributed by atoms with Crippen molar-refractivity contribution in [1.29, 1.82) is 0 Å². The summed E-state index contributed by atoms with van der Waals surface area (Å²) in [6.45, 7) is 2.33. The molecule has 1 aliphatic rings. The summed E-state index contributed by atoms with van der Waals surface area (Å²) in [5.74, 6) is 0. The standard InChI is InChI=1S/C39H32N4/c1-39(22-10-3-11-23-39)43-36-17-9-7-15-31(36)33-25-29(19-21-37(33)43)28-18-20-35-32(24-28)30-14-6-8-16-34(30)42(35)26-41-38(40)27-12-4-2-5-13-27/h2-22,24-26,38H,23,40H2,1H3/b41-26+. The molecule has 8 rings (SSSR count). The van der Waals surface area contributed by atoms with Crippen LogP contribution in [0.1, 0.15) is 25.1 Å². The second kappa shape index (κ2) is 9.97. The molecule has 0 aliphatic heterocycles. The third-order valence-corrected chi connectivity index (χ3v) is 8.94. The van der Waals surface area contributed by atoms with Gasteiger partial charge in [-0.3, -0.25) is 4.99 Å². The molecule has 1 aliphatic carbocycles. The number of nitrogens with two attached hydrogens (primary N) is 1. The van der Waals surface area contributed by atoms with Gasteiger partial charge in [-0.05, 0) is 66.4 Å². The molecule has 208 valence electrons. The number of benzene rings is 5. The van der Waals surface area contributed by atoms with E-state index in [2.05, 4.69) is 125 Å². The van der Waals surface area contributed by atoms with E-state index in [0.29, 0.717) is 0 Å². The van der Waals surface area contributed by atoms with Crippen molar-refractivity contribution in [3.8, 4) is 11.1 Å². The molecule has 0 saturated heterocycles. The molecule has 2 unspecified atom stereocenters. The normalized spacial score (nSPS) is 17.6.